The Bertz CT molecular complexity index is 1650. The minimum atomic E-state index is 0.0114. The number of aromatic nitrogens is 2. The quantitative estimate of drug-likeness (QED) is 0.375. The van der Waals surface area contributed by atoms with E-state index in [0.29, 0.717) is 0 Å². The molecule has 0 unspecified atom stereocenters. The predicted molar refractivity (Wildman–Crippen MR) is 113 cm³/mol. The van der Waals surface area contributed by atoms with Gasteiger partial charge in [0.1, 0.15) is 5.65 Å². The van der Waals surface area contributed by atoms with E-state index < -0.39 is 0 Å². The van der Waals surface area contributed by atoms with Gasteiger partial charge in [0.05, 0.1) is 11.0 Å². The molecule has 0 aliphatic heterocycles. The molecule has 28 heavy (non-hydrogen) atoms. The standard InChI is InChI=1S/C25H14N2O/c28-25-19-10-4-7-14-6-3-9-18(22(14)19)24-26-23-20-13-15-5-1-2-8-16(15)17(20)11-12-21(23)27(24)25/h1-12H,13H2. The summed E-state index contributed by atoms with van der Waals surface area (Å²) in [5.41, 5.74) is 7.69. The van der Waals surface area contributed by atoms with Crippen molar-refractivity contribution in [2.45, 2.75) is 6.42 Å². The van der Waals surface area contributed by atoms with Crippen molar-refractivity contribution >= 4 is 38.2 Å². The summed E-state index contributed by atoms with van der Waals surface area (Å²) in [5, 5.41) is 3.88. The van der Waals surface area contributed by atoms with Crippen molar-refractivity contribution in [3.63, 3.8) is 0 Å². The summed E-state index contributed by atoms with van der Waals surface area (Å²) < 4.78 is 1.80. The molecule has 3 heteroatoms. The van der Waals surface area contributed by atoms with Crippen LogP contribution in [0.3, 0.4) is 0 Å². The lowest BCUT2D eigenvalue weighted by molar-refractivity contribution is 1.19. The third-order valence-electron chi connectivity index (χ3n) is 6.19. The van der Waals surface area contributed by atoms with Crippen molar-refractivity contribution in [2.75, 3.05) is 0 Å². The molecule has 3 nitrogen and oxygen atoms in total. The fraction of sp³-hybridized carbons (Fsp3) is 0.0400. The molecule has 0 N–H and O–H groups in total. The second-order valence-corrected chi connectivity index (χ2v) is 7.58. The fourth-order valence-corrected chi connectivity index (χ4v) is 4.97. The van der Waals surface area contributed by atoms with Crippen molar-refractivity contribution in [3.8, 4) is 11.1 Å². The van der Waals surface area contributed by atoms with E-state index in [4.69, 9.17) is 4.98 Å². The molecule has 0 fully saturated rings. The molecule has 130 valence electrons. The molecule has 0 radical (unpaired) electrons. The third kappa shape index (κ3) is 1.57. The minimum Gasteiger partial charge on any atom is -0.268 e. The number of hydrogen-bond acceptors (Lipinski definition) is 2. The van der Waals surface area contributed by atoms with E-state index in [-0.39, 0.29) is 5.56 Å². The SMILES string of the molecule is O=c1c2cccc3cccc(c32)c2nc3c4c(ccc3n12)-c1ccccc1C4. The average Bonchev–Trinajstić information content (AvgIpc) is 3.30. The van der Waals surface area contributed by atoms with Crippen LogP contribution in [0.4, 0.5) is 0 Å². The summed E-state index contributed by atoms with van der Waals surface area (Å²) in [4.78, 5) is 18.4. The second kappa shape index (κ2) is 4.76. The van der Waals surface area contributed by atoms with E-state index in [9.17, 15) is 4.79 Å². The zero-order valence-electron chi connectivity index (χ0n) is 14.9. The minimum absolute atomic E-state index is 0.0114. The van der Waals surface area contributed by atoms with Crippen LogP contribution in [-0.4, -0.2) is 9.38 Å². The van der Waals surface area contributed by atoms with Crippen LogP contribution in [0.25, 0.3) is 49.4 Å². The Morgan fingerprint density at radius 3 is 2.50 bits per heavy atom. The molecule has 0 atom stereocenters. The normalized spacial score (nSPS) is 13.0. The molecule has 0 saturated heterocycles. The molecule has 0 bridgehead atoms. The Labute approximate surface area is 159 Å². The van der Waals surface area contributed by atoms with Gasteiger partial charge in [0, 0.05) is 22.6 Å². The number of benzene rings is 4. The molecule has 2 aromatic heterocycles. The lowest BCUT2D eigenvalue weighted by Gasteiger charge is -2.06. The second-order valence-electron chi connectivity index (χ2n) is 7.58. The molecule has 0 amide bonds. The summed E-state index contributed by atoms with van der Waals surface area (Å²) in [6.07, 6.45) is 0.866. The molecule has 7 rings (SSSR count). The van der Waals surface area contributed by atoms with Crippen LogP contribution in [0, 0.1) is 0 Å². The fourth-order valence-electron chi connectivity index (χ4n) is 4.97. The molecule has 0 spiro atoms. The first-order valence-corrected chi connectivity index (χ1v) is 9.51. The predicted octanol–water partition coefficient (Wildman–Crippen LogP) is 5.16. The number of nitrogens with zero attached hydrogens (tertiary/aromatic N) is 2. The first-order valence-electron chi connectivity index (χ1n) is 9.51. The maximum absolute atomic E-state index is 13.4. The van der Waals surface area contributed by atoms with E-state index in [0.717, 1.165) is 44.6 Å². The van der Waals surface area contributed by atoms with Crippen molar-refractivity contribution in [1.82, 2.24) is 9.38 Å². The monoisotopic (exact) mass is 358 g/mol. The van der Waals surface area contributed by atoms with Crippen molar-refractivity contribution in [2.24, 2.45) is 0 Å². The molecule has 1 aliphatic rings. The highest BCUT2D eigenvalue weighted by molar-refractivity contribution is 6.15. The molecule has 4 aromatic carbocycles. The van der Waals surface area contributed by atoms with Gasteiger partial charge in [0.15, 0.2) is 0 Å². The molecule has 6 aromatic rings. The summed E-state index contributed by atoms with van der Waals surface area (Å²) >= 11 is 0. The average molecular weight is 358 g/mol. The largest absolute Gasteiger partial charge is 0.268 e. The van der Waals surface area contributed by atoms with Gasteiger partial charge in [-0.05, 0) is 39.8 Å². The van der Waals surface area contributed by atoms with Crippen molar-refractivity contribution < 1.29 is 0 Å². The van der Waals surface area contributed by atoms with Gasteiger partial charge in [-0.15, -0.1) is 0 Å². The van der Waals surface area contributed by atoms with E-state index in [2.05, 4.69) is 54.6 Å². The van der Waals surface area contributed by atoms with Gasteiger partial charge in [-0.25, -0.2) is 4.98 Å². The first kappa shape index (κ1) is 14.4. The third-order valence-corrected chi connectivity index (χ3v) is 6.19. The van der Waals surface area contributed by atoms with E-state index in [1.807, 2.05) is 18.2 Å². The number of hydrogen-bond donors (Lipinski definition) is 0. The van der Waals surface area contributed by atoms with Crippen LogP contribution in [0.15, 0.2) is 77.6 Å². The summed E-state index contributed by atoms with van der Waals surface area (Å²) in [6, 6.07) is 24.8. The Morgan fingerprint density at radius 1 is 0.786 bits per heavy atom. The highest BCUT2D eigenvalue weighted by Gasteiger charge is 2.24. The molecule has 0 saturated carbocycles. The zero-order chi connectivity index (χ0) is 18.4. The molecular weight excluding hydrogens is 344 g/mol. The van der Waals surface area contributed by atoms with Gasteiger partial charge in [-0.1, -0.05) is 60.7 Å². The summed E-state index contributed by atoms with van der Waals surface area (Å²) in [7, 11) is 0. The van der Waals surface area contributed by atoms with E-state index in [1.54, 1.807) is 4.40 Å². The number of rotatable bonds is 0. The van der Waals surface area contributed by atoms with Gasteiger partial charge in [0.25, 0.3) is 5.56 Å². The molecule has 1 aliphatic carbocycles. The number of imidazole rings is 1. The number of fused-ring (bicyclic) bond motifs is 8. The molecule has 2 heterocycles. The van der Waals surface area contributed by atoms with E-state index in [1.165, 1.54) is 22.3 Å². The maximum atomic E-state index is 13.4. The number of pyridine rings is 1. The smallest absolute Gasteiger partial charge is 0.264 e. The lowest BCUT2D eigenvalue weighted by Crippen LogP contribution is -2.13. The Morgan fingerprint density at radius 2 is 1.61 bits per heavy atom. The Hall–Kier alpha value is -3.72. The van der Waals surface area contributed by atoms with Crippen LogP contribution < -0.4 is 5.56 Å². The van der Waals surface area contributed by atoms with Crippen LogP contribution in [0.5, 0.6) is 0 Å². The van der Waals surface area contributed by atoms with Gasteiger partial charge in [-0.2, -0.15) is 0 Å². The van der Waals surface area contributed by atoms with Gasteiger partial charge < -0.3 is 0 Å². The molecular formula is C25H14N2O. The Kier molecular flexibility index (Phi) is 2.44. The lowest BCUT2D eigenvalue weighted by atomic mass is 10.0. The van der Waals surface area contributed by atoms with Gasteiger partial charge >= 0.3 is 0 Å². The Balaban J connectivity index is 1.72. The topological polar surface area (TPSA) is 34.4 Å². The highest BCUT2D eigenvalue weighted by atomic mass is 16.1. The van der Waals surface area contributed by atoms with Crippen molar-refractivity contribution in [1.29, 1.82) is 0 Å². The first-order chi connectivity index (χ1) is 13.8. The van der Waals surface area contributed by atoms with Gasteiger partial charge in [-0.3, -0.25) is 9.20 Å². The van der Waals surface area contributed by atoms with Gasteiger partial charge in [0.2, 0.25) is 0 Å². The van der Waals surface area contributed by atoms with Crippen LogP contribution in [0.1, 0.15) is 11.1 Å². The van der Waals surface area contributed by atoms with E-state index >= 15 is 0 Å². The van der Waals surface area contributed by atoms with Crippen LogP contribution in [-0.2, 0) is 6.42 Å². The van der Waals surface area contributed by atoms with Crippen molar-refractivity contribution in [3.05, 3.63) is 94.3 Å². The summed E-state index contributed by atoms with van der Waals surface area (Å²) in [6.45, 7) is 0. The van der Waals surface area contributed by atoms with Crippen LogP contribution >= 0.6 is 0 Å². The maximum Gasteiger partial charge on any atom is 0.264 e. The zero-order valence-corrected chi connectivity index (χ0v) is 14.9. The highest BCUT2D eigenvalue weighted by Crippen LogP contribution is 2.40. The van der Waals surface area contributed by atoms with Crippen LogP contribution in [0.2, 0.25) is 0 Å². The summed E-state index contributed by atoms with van der Waals surface area (Å²) in [5.74, 6) is 0.